The van der Waals surface area contributed by atoms with Crippen molar-refractivity contribution in [1.82, 2.24) is 13.7 Å². The summed E-state index contributed by atoms with van der Waals surface area (Å²) in [5.74, 6) is -0.524. The van der Waals surface area contributed by atoms with Crippen molar-refractivity contribution in [2.24, 2.45) is 5.73 Å². The van der Waals surface area contributed by atoms with Crippen LogP contribution in [0.5, 0.6) is 11.5 Å². The summed E-state index contributed by atoms with van der Waals surface area (Å²) in [5, 5.41) is 0. The van der Waals surface area contributed by atoms with Crippen LogP contribution >= 0.6 is 0 Å². The van der Waals surface area contributed by atoms with E-state index in [-0.39, 0.29) is 28.7 Å². The van der Waals surface area contributed by atoms with Crippen molar-refractivity contribution in [1.29, 1.82) is 0 Å². The summed E-state index contributed by atoms with van der Waals surface area (Å²) in [6, 6.07) is 25.0. The Morgan fingerprint density at radius 2 is 1.09 bits per heavy atom. The van der Waals surface area contributed by atoms with E-state index in [0.29, 0.717) is 28.3 Å². The normalized spacial score (nSPS) is 16.1. The number of aromatic nitrogens is 2. The lowest BCUT2D eigenvalue weighted by atomic mass is 10.0. The van der Waals surface area contributed by atoms with Crippen LogP contribution in [0.1, 0.15) is 19.3 Å². The third kappa shape index (κ3) is 8.06. The molecule has 6 aromatic rings. The van der Waals surface area contributed by atoms with E-state index in [1.165, 1.54) is 32.4 Å². The molecule has 12 heteroatoms. The van der Waals surface area contributed by atoms with Gasteiger partial charge in [0.2, 0.25) is 0 Å². The Morgan fingerprint density at radius 1 is 0.618 bits per heavy atom. The summed E-state index contributed by atoms with van der Waals surface area (Å²) < 4.78 is 41.3. The number of nitrogens with two attached hydrogens (primary N) is 1. The van der Waals surface area contributed by atoms with Crippen molar-refractivity contribution >= 4 is 22.4 Å². The minimum absolute atomic E-state index is 0.131. The topological polar surface area (TPSA) is 97.2 Å². The van der Waals surface area contributed by atoms with Gasteiger partial charge >= 0.3 is 0 Å². The molecule has 0 radical (unpaired) electrons. The maximum atomic E-state index is 14.0. The van der Waals surface area contributed by atoms with E-state index in [1.54, 1.807) is 39.1 Å². The lowest BCUT2D eigenvalue weighted by Crippen LogP contribution is -2.39. The van der Waals surface area contributed by atoms with Gasteiger partial charge in [0.15, 0.2) is 23.1 Å². The van der Waals surface area contributed by atoms with E-state index in [1.807, 2.05) is 48.8 Å². The molecular weight excluding hydrogens is 703 g/mol. The zero-order valence-corrected chi connectivity index (χ0v) is 31.5. The van der Waals surface area contributed by atoms with Crippen LogP contribution in [0.3, 0.4) is 0 Å². The number of hydrogen-bond donors (Lipinski definition) is 1. The van der Waals surface area contributed by atoms with E-state index in [0.717, 1.165) is 67.8 Å². The molecule has 0 spiro atoms. The molecule has 8 rings (SSSR count). The van der Waals surface area contributed by atoms with E-state index < -0.39 is 11.6 Å². The van der Waals surface area contributed by atoms with Gasteiger partial charge in [-0.3, -0.25) is 18.4 Å². The fraction of sp³-hybridized carbons (Fsp3) is 0.302. The van der Waals surface area contributed by atoms with E-state index >= 15 is 0 Å². The molecule has 4 aromatic heterocycles. The highest BCUT2D eigenvalue weighted by atomic mass is 19.1. The Labute approximate surface area is 318 Å². The number of methoxy groups -OCH3 is 2. The van der Waals surface area contributed by atoms with E-state index in [2.05, 4.69) is 28.8 Å². The molecule has 2 saturated heterocycles. The average Bonchev–Trinajstić information content (AvgIpc) is 3.69. The molecule has 286 valence electrons. The number of halogens is 2. The van der Waals surface area contributed by atoms with Crippen LogP contribution in [0.2, 0.25) is 0 Å². The molecule has 0 aliphatic carbocycles. The second-order valence-corrected chi connectivity index (χ2v) is 14.4. The summed E-state index contributed by atoms with van der Waals surface area (Å²) >= 11 is 0. The highest BCUT2D eigenvalue weighted by Gasteiger charge is 2.24. The second-order valence-electron chi connectivity index (χ2n) is 14.4. The van der Waals surface area contributed by atoms with Gasteiger partial charge in [-0.15, -0.1) is 0 Å². The zero-order valence-electron chi connectivity index (χ0n) is 31.5. The third-order valence-corrected chi connectivity index (χ3v) is 10.7. The van der Waals surface area contributed by atoms with Gasteiger partial charge < -0.3 is 29.9 Å². The molecule has 2 aromatic carbocycles. The number of fused-ring (bicyclic) bond motifs is 2. The highest BCUT2D eigenvalue weighted by molar-refractivity contribution is 5.71. The van der Waals surface area contributed by atoms with Crippen LogP contribution in [0.25, 0.3) is 33.3 Å². The molecule has 10 nitrogen and oxygen atoms in total. The Kier molecular flexibility index (Phi) is 10.9. The number of piperidine rings is 1. The van der Waals surface area contributed by atoms with Crippen molar-refractivity contribution in [2.45, 2.75) is 31.3 Å². The van der Waals surface area contributed by atoms with E-state index in [4.69, 9.17) is 15.2 Å². The number of likely N-dealkylation sites (N-methyl/N-ethyl adjacent to an activating group) is 1. The smallest absolute Gasteiger partial charge is 0.255 e. The quantitative estimate of drug-likeness (QED) is 0.204. The van der Waals surface area contributed by atoms with Crippen LogP contribution in [0.15, 0.2) is 107 Å². The lowest BCUT2D eigenvalue weighted by Gasteiger charge is -2.32. The molecule has 55 heavy (non-hydrogen) atoms. The first kappa shape index (κ1) is 37.6. The molecule has 6 heterocycles. The summed E-state index contributed by atoms with van der Waals surface area (Å²) in [6.07, 6.45) is 6.78. The first-order valence-corrected chi connectivity index (χ1v) is 18.4. The average molecular weight is 749 g/mol. The Morgan fingerprint density at radius 3 is 1.53 bits per heavy atom. The molecule has 1 atom stereocenters. The maximum absolute atomic E-state index is 14.0. The first-order valence-electron chi connectivity index (χ1n) is 18.4. The molecule has 2 aliphatic rings. The number of nitrogens with zero attached hydrogens (tertiary/aromatic N) is 5. The van der Waals surface area contributed by atoms with Crippen molar-refractivity contribution in [3.8, 4) is 33.8 Å². The second kappa shape index (κ2) is 15.9. The standard InChI is InChI=1S/C22H24FN3O2.C21H22FN3O2/c1-24(2)18-8-9-25(13-18)19-6-5-17-10-16(12-22(27)26(17)14-19)15-4-7-21(28-3)20(23)11-15;1-27-20-5-2-14(11-19(20)22)15-10-17-3-4-18(13-25(17)21(26)12-15)24-8-6-16(23)7-9-24/h4-7,10-12,14,18H,8-9,13H2,1-3H3;2-5,10-13,16H,6-9,23H2,1H3. The fourth-order valence-electron chi connectivity index (χ4n) is 7.38. The van der Waals surface area contributed by atoms with Crippen molar-refractivity contribution in [3.05, 3.63) is 130 Å². The van der Waals surface area contributed by atoms with Crippen molar-refractivity contribution < 1.29 is 18.3 Å². The van der Waals surface area contributed by atoms with Crippen LogP contribution in [0.4, 0.5) is 20.2 Å². The van der Waals surface area contributed by atoms with Gasteiger partial charge in [-0.2, -0.15) is 0 Å². The number of pyridine rings is 4. The van der Waals surface area contributed by atoms with Crippen LogP contribution in [-0.2, 0) is 0 Å². The minimum atomic E-state index is -0.450. The Bertz CT molecular complexity index is 2460. The zero-order chi connectivity index (χ0) is 38.8. The summed E-state index contributed by atoms with van der Waals surface area (Å²) in [7, 11) is 7.05. The molecule has 1 unspecified atom stereocenters. The molecule has 2 N–H and O–H groups in total. The Balaban J connectivity index is 0.000000169. The summed E-state index contributed by atoms with van der Waals surface area (Å²) in [4.78, 5) is 32.2. The fourth-order valence-corrected chi connectivity index (χ4v) is 7.38. The Hall–Kier alpha value is -5.72. The van der Waals surface area contributed by atoms with Gasteiger partial charge in [0.1, 0.15) is 0 Å². The first-order chi connectivity index (χ1) is 26.5. The van der Waals surface area contributed by atoms with Gasteiger partial charge in [0, 0.05) is 73.8 Å². The molecular formula is C43H46F2N6O4. The molecule has 0 amide bonds. The predicted octanol–water partition coefficient (Wildman–Crippen LogP) is 6.30. The third-order valence-electron chi connectivity index (χ3n) is 10.7. The van der Waals surface area contributed by atoms with E-state index in [9.17, 15) is 18.4 Å². The molecule has 0 saturated carbocycles. The number of benzene rings is 2. The maximum Gasteiger partial charge on any atom is 0.255 e. The number of ether oxygens (including phenoxy) is 2. The number of anilines is 2. The van der Waals surface area contributed by atoms with Crippen molar-refractivity contribution in [2.75, 3.05) is 64.3 Å². The van der Waals surface area contributed by atoms with Crippen LogP contribution < -0.4 is 36.1 Å². The largest absolute Gasteiger partial charge is 0.494 e. The van der Waals surface area contributed by atoms with Gasteiger partial charge in [0.05, 0.1) is 25.6 Å². The van der Waals surface area contributed by atoms with Crippen LogP contribution in [0, 0.1) is 11.6 Å². The number of rotatable bonds is 7. The molecule has 0 bridgehead atoms. The SMILES string of the molecule is COc1ccc(-c2cc(=O)n3cc(N4CCC(N(C)C)C4)ccc3c2)cc1F.COc1ccc(-c2cc(=O)n3cc(N4CCC(N)CC4)ccc3c2)cc1F. The van der Waals surface area contributed by atoms with Gasteiger partial charge in [-0.05, 0) is 116 Å². The molecule has 2 aliphatic heterocycles. The summed E-state index contributed by atoms with van der Waals surface area (Å²) in [5.41, 5.74) is 12.0. The minimum Gasteiger partial charge on any atom is -0.494 e. The summed E-state index contributed by atoms with van der Waals surface area (Å²) in [6.45, 7) is 3.72. The predicted molar refractivity (Wildman–Crippen MR) is 215 cm³/mol. The lowest BCUT2D eigenvalue weighted by molar-refractivity contribution is 0.315. The monoisotopic (exact) mass is 748 g/mol. The van der Waals surface area contributed by atoms with Crippen molar-refractivity contribution in [3.63, 3.8) is 0 Å². The number of hydrogen-bond acceptors (Lipinski definition) is 8. The molecule has 2 fully saturated rings. The van der Waals surface area contributed by atoms with Gasteiger partial charge in [-0.25, -0.2) is 8.78 Å². The van der Waals surface area contributed by atoms with Crippen LogP contribution in [-0.4, -0.2) is 80.3 Å². The van der Waals surface area contributed by atoms with Gasteiger partial charge in [-0.1, -0.05) is 12.1 Å². The highest BCUT2D eigenvalue weighted by Crippen LogP contribution is 2.29. The van der Waals surface area contributed by atoms with Gasteiger partial charge in [0.25, 0.3) is 11.1 Å².